The molecule has 2 aliphatic rings. The van der Waals surface area contributed by atoms with Crippen LogP contribution in [-0.2, 0) is 23.0 Å². The van der Waals surface area contributed by atoms with Gasteiger partial charge in [0.1, 0.15) is 0 Å². The van der Waals surface area contributed by atoms with Gasteiger partial charge in [-0.2, -0.15) is 5.10 Å². The Morgan fingerprint density at radius 1 is 1.32 bits per heavy atom. The number of esters is 1. The number of anilines is 1. The number of rotatable bonds is 3. The predicted molar refractivity (Wildman–Crippen MR) is 92.5 cm³/mol. The fourth-order valence-corrected chi connectivity index (χ4v) is 3.82. The molecule has 1 aromatic heterocycles. The maximum Gasteiger partial charge on any atom is 0.338 e. The number of aryl methyl sites for hydroxylation is 1. The van der Waals surface area contributed by atoms with E-state index < -0.39 is 0 Å². The second kappa shape index (κ2) is 6.02. The van der Waals surface area contributed by atoms with E-state index in [1.807, 2.05) is 36.5 Å². The molecule has 1 aliphatic carbocycles. The largest absolute Gasteiger partial charge is 0.465 e. The summed E-state index contributed by atoms with van der Waals surface area (Å²) in [7, 11) is 3.27. The van der Waals surface area contributed by atoms with Crippen molar-refractivity contribution < 1.29 is 14.3 Å². The molecular weight excluding hydrogens is 318 g/mol. The van der Waals surface area contributed by atoms with Crippen LogP contribution in [0.25, 0.3) is 0 Å². The van der Waals surface area contributed by atoms with Gasteiger partial charge in [0.25, 0.3) is 0 Å². The number of methoxy groups -OCH3 is 1. The van der Waals surface area contributed by atoms with Crippen molar-refractivity contribution in [3.05, 3.63) is 47.3 Å². The standard InChI is InChI=1S/C19H21N3O3/c1-21-11-12(10-20-21)15-9-16(15)18(23)22-8-4-6-13-14(19(24)25-2)5-3-7-17(13)22/h3,5,7,10-11,15-16H,4,6,8-9H2,1-2H3/t15-,16+/m0/s1. The van der Waals surface area contributed by atoms with Crippen molar-refractivity contribution in [2.24, 2.45) is 13.0 Å². The van der Waals surface area contributed by atoms with E-state index in [2.05, 4.69) is 5.10 Å². The summed E-state index contributed by atoms with van der Waals surface area (Å²) < 4.78 is 6.66. The van der Waals surface area contributed by atoms with E-state index in [4.69, 9.17) is 4.74 Å². The molecular formula is C19H21N3O3. The van der Waals surface area contributed by atoms with Crippen LogP contribution in [0.5, 0.6) is 0 Å². The number of carbonyl (C=O) groups excluding carboxylic acids is 2. The van der Waals surface area contributed by atoms with Gasteiger partial charge in [0, 0.05) is 31.4 Å². The van der Waals surface area contributed by atoms with E-state index in [1.165, 1.54) is 7.11 Å². The highest BCUT2D eigenvalue weighted by Crippen LogP contribution is 2.49. The molecule has 0 spiro atoms. The summed E-state index contributed by atoms with van der Waals surface area (Å²) in [6, 6.07) is 5.52. The maximum atomic E-state index is 13.0. The summed E-state index contributed by atoms with van der Waals surface area (Å²) in [4.78, 5) is 26.9. The molecule has 1 aliphatic heterocycles. The molecule has 1 aromatic carbocycles. The van der Waals surface area contributed by atoms with E-state index in [0.717, 1.165) is 36.1 Å². The van der Waals surface area contributed by atoms with Crippen LogP contribution in [0.15, 0.2) is 30.6 Å². The topological polar surface area (TPSA) is 64.4 Å². The Bertz CT molecular complexity index is 842. The minimum Gasteiger partial charge on any atom is -0.465 e. The highest BCUT2D eigenvalue weighted by atomic mass is 16.5. The molecule has 6 nitrogen and oxygen atoms in total. The quantitative estimate of drug-likeness (QED) is 0.805. The Morgan fingerprint density at radius 2 is 2.16 bits per heavy atom. The van der Waals surface area contributed by atoms with Crippen molar-refractivity contribution in [2.75, 3.05) is 18.6 Å². The summed E-state index contributed by atoms with van der Waals surface area (Å²) in [6.45, 7) is 0.701. The highest BCUT2D eigenvalue weighted by Gasteiger charge is 2.47. The first-order chi connectivity index (χ1) is 12.1. The molecule has 2 aromatic rings. The Morgan fingerprint density at radius 3 is 2.88 bits per heavy atom. The molecule has 1 fully saturated rings. The highest BCUT2D eigenvalue weighted by molar-refractivity contribution is 6.01. The number of carbonyl (C=O) groups is 2. The van der Waals surface area contributed by atoms with E-state index in [0.29, 0.717) is 12.1 Å². The van der Waals surface area contributed by atoms with E-state index in [9.17, 15) is 9.59 Å². The van der Waals surface area contributed by atoms with E-state index in [-0.39, 0.29) is 23.7 Å². The van der Waals surface area contributed by atoms with E-state index in [1.54, 1.807) is 10.7 Å². The fourth-order valence-electron chi connectivity index (χ4n) is 3.82. The summed E-state index contributed by atoms with van der Waals surface area (Å²) in [5.41, 5.74) is 3.47. The Hall–Kier alpha value is -2.63. The van der Waals surface area contributed by atoms with Crippen molar-refractivity contribution in [1.29, 1.82) is 0 Å². The van der Waals surface area contributed by atoms with Gasteiger partial charge in [-0.15, -0.1) is 0 Å². The zero-order chi connectivity index (χ0) is 17.6. The van der Waals surface area contributed by atoms with Gasteiger partial charge >= 0.3 is 5.97 Å². The van der Waals surface area contributed by atoms with Gasteiger partial charge in [-0.3, -0.25) is 9.48 Å². The van der Waals surface area contributed by atoms with Crippen molar-refractivity contribution in [3.8, 4) is 0 Å². The first kappa shape index (κ1) is 15.9. The summed E-state index contributed by atoms with van der Waals surface area (Å²) >= 11 is 0. The first-order valence-electron chi connectivity index (χ1n) is 8.60. The van der Waals surface area contributed by atoms with Gasteiger partial charge in [-0.05, 0) is 48.4 Å². The average Bonchev–Trinajstić information content (AvgIpc) is 3.33. The lowest BCUT2D eigenvalue weighted by molar-refractivity contribution is -0.120. The normalized spacial score (nSPS) is 21.6. The van der Waals surface area contributed by atoms with Crippen LogP contribution in [0.3, 0.4) is 0 Å². The Balaban J connectivity index is 1.59. The van der Waals surface area contributed by atoms with Crippen LogP contribution in [0.4, 0.5) is 5.69 Å². The Kier molecular flexibility index (Phi) is 3.82. The zero-order valence-corrected chi connectivity index (χ0v) is 14.4. The Labute approximate surface area is 146 Å². The van der Waals surface area contributed by atoms with Gasteiger partial charge in [-0.25, -0.2) is 4.79 Å². The van der Waals surface area contributed by atoms with Gasteiger partial charge in [0.15, 0.2) is 0 Å². The summed E-state index contributed by atoms with van der Waals surface area (Å²) in [6.07, 6.45) is 6.35. The lowest BCUT2D eigenvalue weighted by atomic mass is 9.95. The van der Waals surface area contributed by atoms with Crippen molar-refractivity contribution >= 4 is 17.6 Å². The van der Waals surface area contributed by atoms with Crippen LogP contribution in [-0.4, -0.2) is 35.3 Å². The molecule has 0 unspecified atom stereocenters. The third-order valence-corrected chi connectivity index (χ3v) is 5.18. The van der Waals surface area contributed by atoms with Crippen LogP contribution < -0.4 is 4.90 Å². The number of amides is 1. The number of hydrogen-bond donors (Lipinski definition) is 0. The lowest BCUT2D eigenvalue weighted by Gasteiger charge is -2.30. The number of ether oxygens (including phenoxy) is 1. The average molecular weight is 339 g/mol. The second-order valence-electron chi connectivity index (χ2n) is 6.78. The summed E-state index contributed by atoms with van der Waals surface area (Å²) in [5.74, 6) is 0.0786. The van der Waals surface area contributed by atoms with Gasteiger partial charge < -0.3 is 9.64 Å². The number of nitrogens with zero attached hydrogens (tertiary/aromatic N) is 3. The molecule has 0 radical (unpaired) electrons. The minimum atomic E-state index is -0.342. The lowest BCUT2D eigenvalue weighted by Crippen LogP contribution is -2.37. The monoisotopic (exact) mass is 339 g/mol. The van der Waals surface area contributed by atoms with Crippen LogP contribution >= 0.6 is 0 Å². The van der Waals surface area contributed by atoms with Crippen molar-refractivity contribution in [3.63, 3.8) is 0 Å². The van der Waals surface area contributed by atoms with Crippen LogP contribution in [0.2, 0.25) is 0 Å². The molecule has 0 saturated heterocycles. The fraction of sp³-hybridized carbons (Fsp3) is 0.421. The molecule has 130 valence electrons. The molecule has 0 N–H and O–H groups in total. The second-order valence-corrected chi connectivity index (χ2v) is 6.78. The summed E-state index contributed by atoms with van der Waals surface area (Å²) in [5, 5.41) is 4.20. The first-order valence-corrected chi connectivity index (χ1v) is 8.60. The molecule has 4 rings (SSSR count). The number of benzene rings is 1. The number of fused-ring (bicyclic) bond motifs is 1. The molecule has 6 heteroatoms. The van der Waals surface area contributed by atoms with Gasteiger partial charge in [-0.1, -0.05) is 6.07 Å². The molecule has 2 heterocycles. The third kappa shape index (κ3) is 2.71. The van der Waals surface area contributed by atoms with Gasteiger partial charge in [0.2, 0.25) is 5.91 Å². The molecule has 2 atom stereocenters. The molecule has 0 bridgehead atoms. The molecule has 25 heavy (non-hydrogen) atoms. The third-order valence-electron chi connectivity index (χ3n) is 5.18. The van der Waals surface area contributed by atoms with Crippen LogP contribution in [0, 0.1) is 5.92 Å². The number of hydrogen-bond acceptors (Lipinski definition) is 4. The maximum absolute atomic E-state index is 13.0. The minimum absolute atomic E-state index is 0.0110. The van der Waals surface area contributed by atoms with Crippen molar-refractivity contribution in [1.82, 2.24) is 9.78 Å². The molecule has 1 saturated carbocycles. The van der Waals surface area contributed by atoms with Gasteiger partial charge in [0.05, 0.1) is 18.9 Å². The predicted octanol–water partition coefficient (Wildman–Crippen LogP) is 2.29. The number of aromatic nitrogens is 2. The zero-order valence-electron chi connectivity index (χ0n) is 14.4. The van der Waals surface area contributed by atoms with Crippen molar-refractivity contribution in [2.45, 2.75) is 25.2 Å². The smallest absolute Gasteiger partial charge is 0.338 e. The van der Waals surface area contributed by atoms with Crippen LogP contribution in [0.1, 0.15) is 40.2 Å². The molecule has 1 amide bonds. The SMILES string of the molecule is COC(=O)c1cccc2c1CCCN2C(=O)[C@@H]1C[C@H]1c1cnn(C)c1. The van der Waals surface area contributed by atoms with E-state index >= 15 is 0 Å².